The molecule has 0 radical (unpaired) electrons. The van der Waals surface area contributed by atoms with Crippen molar-refractivity contribution in [1.29, 1.82) is 0 Å². The third-order valence-electron chi connectivity index (χ3n) is 9.57. The Hall–Kier alpha value is -3.17. The van der Waals surface area contributed by atoms with Crippen molar-refractivity contribution in [3.05, 3.63) is 52.4 Å². The molecule has 2 fully saturated rings. The van der Waals surface area contributed by atoms with E-state index in [2.05, 4.69) is 0 Å². The molecule has 2 saturated carbocycles. The zero-order chi connectivity index (χ0) is 28.3. The molecule has 0 spiro atoms. The average Bonchev–Trinajstić information content (AvgIpc) is 2.86. The number of aliphatic hydroxyl groups is 2. The molecule has 2 aromatic rings. The van der Waals surface area contributed by atoms with E-state index in [0.29, 0.717) is 30.6 Å². The van der Waals surface area contributed by atoms with Crippen molar-refractivity contribution in [2.45, 2.75) is 77.8 Å². The zero-order valence-electron chi connectivity index (χ0n) is 22.9. The van der Waals surface area contributed by atoms with Gasteiger partial charge in [-0.2, -0.15) is 0 Å². The lowest BCUT2D eigenvalue weighted by Crippen LogP contribution is -2.71. The number of rotatable bonds is 4. The average molecular weight is 541 g/mol. The highest BCUT2D eigenvalue weighted by atomic mass is 16.6. The second-order valence-electron chi connectivity index (χ2n) is 12.0. The van der Waals surface area contributed by atoms with Gasteiger partial charge < -0.3 is 28.8 Å². The summed E-state index contributed by atoms with van der Waals surface area (Å²) in [5.74, 6) is -1.53. The second-order valence-corrected chi connectivity index (χ2v) is 12.0. The number of carbonyl (C=O) groups excluding carboxylic acids is 2. The summed E-state index contributed by atoms with van der Waals surface area (Å²) in [6.07, 6.45) is -1.66. The molecule has 0 unspecified atom stereocenters. The molecule has 2 heterocycles. The van der Waals surface area contributed by atoms with Crippen LogP contribution >= 0.6 is 0 Å². The molecule has 1 aromatic heterocycles. The predicted octanol–water partition coefficient (Wildman–Crippen LogP) is 3.79. The quantitative estimate of drug-likeness (QED) is 0.556. The molecule has 1 aromatic carbocycles. The summed E-state index contributed by atoms with van der Waals surface area (Å²) in [6.45, 7) is 8.28. The lowest BCUT2D eigenvalue weighted by Gasteiger charge is -2.66. The van der Waals surface area contributed by atoms with E-state index in [4.69, 9.17) is 18.6 Å². The Kier molecular flexibility index (Phi) is 6.66. The Morgan fingerprint density at radius 2 is 1.77 bits per heavy atom. The molecule has 210 valence electrons. The fourth-order valence-corrected chi connectivity index (χ4v) is 7.75. The number of ether oxygens (including phenoxy) is 3. The Balaban J connectivity index is 1.66. The van der Waals surface area contributed by atoms with Gasteiger partial charge in [-0.05, 0) is 37.5 Å². The molecule has 0 saturated heterocycles. The lowest BCUT2D eigenvalue weighted by molar-refractivity contribution is -0.269. The maximum atomic E-state index is 13.3. The summed E-state index contributed by atoms with van der Waals surface area (Å²) >= 11 is 0. The molecule has 0 bridgehead atoms. The van der Waals surface area contributed by atoms with Crippen LogP contribution in [0.5, 0.6) is 5.75 Å². The van der Waals surface area contributed by atoms with Crippen molar-refractivity contribution in [3.63, 3.8) is 0 Å². The van der Waals surface area contributed by atoms with E-state index in [1.54, 1.807) is 18.2 Å². The van der Waals surface area contributed by atoms with E-state index >= 15 is 0 Å². The smallest absolute Gasteiger partial charge is 0.345 e. The second kappa shape index (κ2) is 9.48. The molecule has 1 aliphatic heterocycles. The third-order valence-corrected chi connectivity index (χ3v) is 9.57. The van der Waals surface area contributed by atoms with Gasteiger partial charge in [0, 0.05) is 36.8 Å². The summed E-state index contributed by atoms with van der Waals surface area (Å²) in [5, 5.41) is 23.1. The zero-order valence-corrected chi connectivity index (χ0v) is 22.9. The van der Waals surface area contributed by atoms with Gasteiger partial charge in [0.15, 0.2) is 0 Å². The first-order chi connectivity index (χ1) is 18.3. The highest BCUT2D eigenvalue weighted by Crippen LogP contribution is 2.67. The fraction of sp³-hybridized carbons (Fsp3) is 0.567. The molecule has 39 heavy (non-hydrogen) atoms. The third kappa shape index (κ3) is 4.26. The van der Waals surface area contributed by atoms with E-state index in [9.17, 15) is 24.6 Å². The van der Waals surface area contributed by atoms with Crippen LogP contribution < -0.4 is 10.4 Å². The molecule has 9 heteroatoms. The van der Waals surface area contributed by atoms with Crippen LogP contribution in [0.4, 0.5) is 0 Å². The topological polar surface area (TPSA) is 132 Å². The van der Waals surface area contributed by atoms with Crippen LogP contribution in [0.3, 0.4) is 0 Å². The van der Waals surface area contributed by atoms with Gasteiger partial charge in [-0.15, -0.1) is 0 Å². The highest BCUT2D eigenvalue weighted by Gasteiger charge is 2.70. The van der Waals surface area contributed by atoms with Gasteiger partial charge in [0.25, 0.3) is 0 Å². The lowest BCUT2D eigenvalue weighted by atomic mass is 9.42. The van der Waals surface area contributed by atoms with Gasteiger partial charge in [0.2, 0.25) is 0 Å². The van der Waals surface area contributed by atoms with E-state index < -0.39 is 58.2 Å². The van der Waals surface area contributed by atoms with E-state index in [0.717, 1.165) is 0 Å². The first-order valence-corrected chi connectivity index (χ1v) is 13.4. The molecule has 2 aliphatic carbocycles. The van der Waals surface area contributed by atoms with Gasteiger partial charge in [-0.25, -0.2) is 4.79 Å². The summed E-state index contributed by atoms with van der Waals surface area (Å²) < 4.78 is 23.5. The monoisotopic (exact) mass is 540 g/mol. The van der Waals surface area contributed by atoms with Crippen molar-refractivity contribution in [1.82, 2.24) is 0 Å². The van der Waals surface area contributed by atoms with Crippen LogP contribution in [0.1, 0.15) is 65.5 Å². The Labute approximate surface area is 227 Å². The molecular weight excluding hydrogens is 504 g/mol. The molecule has 3 aliphatic rings. The minimum Gasteiger partial charge on any atom is -0.482 e. The fourth-order valence-electron chi connectivity index (χ4n) is 7.75. The predicted molar refractivity (Wildman–Crippen MR) is 140 cm³/mol. The van der Waals surface area contributed by atoms with Crippen LogP contribution in [0.2, 0.25) is 0 Å². The van der Waals surface area contributed by atoms with Crippen LogP contribution in [0.25, 0.3) is 11.3 Å². The van der Waals surface area contributed by atoms with Gasteiger partial charge in [0.1, 0.15) is 28.8 Å². The summed E-state index contributed by atoms with van der Waals surface area (Å²) in [6, 6.07) is 10.7. The molecule has 5 rings (SSSR count). The largest absolute Gasteiger partial charge is 0.482 e. The maximum Gasteiger partial charge on any atom is 0.345 e. The summed E-state index contributed by atoms with van der Waals surface area (Å²) in [4.78, 5) is 37.4. The van der Waals surface area contributed by atoms with Crippen LogP contribution in [0.15, 0.2) is 45.6 Å². The number of benzene rings is 1. The normalized spacial score (nSPS) is 36.9. The Morgan fingerprint density at radius 3 is 2.41 bits per heavy atom. The molecule has 8 atom stereocenters. The minimum absolute atomic E-state index is 0.0217. The first kappa shape index (κ1) is 27.4. The van der Waals surface area contributed by atoms with Crippen LogP contribution in [-0.2, 0) is 19.1 Å². The number of aliphatic hydroxyl groups excluding tert-OH is 2. The molecule has 9 nitrogen and oxygen atoms in total. The number of fused-ring (bicyclic) bond motifs is 4. The van der Waals surface area contributed by atoms with Crippen molar-refractivity contribution in [2.24, 2.45) is 22.7 Å². The summed E-state index contributed by atoms with van der Waals surface area (Å²) in [7, 11) is 0. The molecule has 0 amide bonds. The standard InChI is InChI=1S/C30H36O9/c1-16(31)36-15-29(4)21-14-23(37-17(2)32)30(5)26(28(21,3)12-11-22(29)33)25(34)24-20(39-30)13-19(38-27(24)35)18-9-7-6-8-10-18/h6-10,13,21-23,25-26,33-34H,11-12,14-15H2,1-5H3/t21-,22+,23+,25+,26-,28+,29+,30-/m1/s1. The van der Waals surface area contributed by atoms with Gasteiger partial charge in [-0.1, -0.05) is 44.2 Å². The van der Waals surface area contributed by atoms with E-state index in [1.807, 2.05) is 39.0 Å². The highest BCUT2D eigenvalue weighted by molar-refractivity contribution is 5.66. The van der Waals surface area contributed by atoms with Crippen molar-refractivity contribution in [3.8, 4) is 17.1 Å². The number of hydrogen-bond donors (Lipinski definition) is 2. The Bertz CT molecular complexity index is 1340. The first-order valence-electron chi connectivity index (χ1n) is 13.4. The van der Waals surface area contributed by atoms with Crippen LogP contribution in [-0.4, -0.2) is 46.6 Å². The number of esters is 2. The van der Waals surface area contributed by atoms with E-state index in [1.165, 1.54) is 13.8 Å². The number of carbonyl (C=O) groups is 2. The SMILES string of the molecule is CC(=O)OC[C@@]1(C)[C@@H]2C[C@H](OC(C)=O)[C@@]3(C)Oc4cc(-c5ccccc5)oc(=O)c4[C@H](O)[C@@H]3[C@@]2(C)CC[C@@H]1O. The van der Waals surface area contributed by atoms with Crippen molar-refractivity contribution in [2.75, 3.05) is 6.61 Å². The van der Waals surface area contributed by atoms with Crippen molar-refractivity contribution >= 4 is 11.9 Å². The maximum absolute atomic E-state index is 13.3. The molecular formula is C30H36O9. The van der Waals surface area contributed by atoms with Gasteiger partial charge in [-0.3, -0.25) is 9.59 Å². The van der Waals surface area contributed by atoms with Crippen LogP contribution in [0, 0.1) is 22.7 Å². The van der Waals surface area contributed by atoms with Crippen molar-refractivity contribution < 1.29 is 38.4 Å². The minimum atomic E-state index is -1.29. The van der Waals surface area contributed by atoms with E-state index in [-0.39, 0.29) is 23.8 Å². The van der Waals surface area contributed by atoms with Gasteiger partial charge >= 0.3 is 17.6 Å². The summed E-state index contributed by atoms with van der Waals surface area (Å²) in [5.41, 5.74) is -2.77. The molecule has 2 N–H and O–H groups in total. The van der Waals surface area contributed by atoms with Gasteiger partial charge in [0.05, 0.1) is 18.8 Å². The Morgan fingerprint density at radius 1 is 1.08 bits per heavy atom. The number of hydrogen-bond acceptors (Lipinski definition) is 9.